The number of nitrogens with zero attached hydrogens (tertiary/aromatic N) is 2. The van der Waals surface area contributed by atoms with Gasteiger partial charge in [0.2, 0.25) is 11.8 Å². The van der Waals surface area contributed by atoms with Crippen LogP contribution in [0.25, 0.3) is 0 Å². The van der Waals surface area contributed by atoms with E-state index in [0.29, 0.717) is 11.7 Å². The second-order valence-corrected chi connectivity index (χ2v) is 7.79. The molecule has 1 atom stereocenters. The predicted molar refractivity (Wildman–Crippen MR) is 113 cm³/mol. The minimum Gasteiger partial charge on any atom is -0.325 e. The number of halogens is 1. The van der Waals surface area contributed by atoms with Gasteiger partial charge in [0.05, 0.1) is 15.6 Å². The van der Waals surface area contributed by atoms with Gasteiger partial charge in [0, 0.05) is 25.1 Å². The molecule has 1 fully saturated rings. The highest BCUT2D eigenvalue weighted by molar-refractivity contribution is 8.15. The first kappa shape index (κ1) is 20.8. The number of hydrogen-bond acceptors (Lipinski definition) is 6. The van der Waals surface area contributed by atoms with Crippen LogP contribution in [-0.4, -0.2) is 33.7 Å². The molecule has 1 aliphatic rings. The lowest BCUT2D eigenvalue weighted by atomic mass is 10.2. The van der Waals surface area contributed by atoms with Crippen molar-refractivity contribution in [3.63, 3.8) is 0 Å². The molecule has 0 radical (unpaired) electrons. The maximum Gasteiger partial charge on any atom is 0.271 e. The topological polar surface area (TPSA) is 114 Å². The molecule has 2 aromatic carbocycles. The van der Waals surface area contributed by atoms with Crippen molar-refractivity contribution in [3.05, 3.63) is 69.2 Å². The molecule has 0 bridgehead atoms. The number of amidine groups is 1. The van der Waals surface area contributed by atoms with Crippen molar-refractivity contribution in [3.8, 4) is 0 Å². The van der Waals surface area contributed by atoms with Crippen LogP contribution in [0.5, 0.6) is 0 Å². The molecule has 0 aromatic heterocycles. The van der Waals surface area contributed by atoms with Crippen LogP contribution in [0.1, 0.15) is 12.0 Å². The average molecular weight is 433 g/mol. The first-order valence-corrected chi connectivity index (χ1v) is 9.98. The Morgan fingerprint density at radius 1 is 1.28 bits per heavy atom. The zero-order valence-corrected chi connectivity index (χ0v) is 16.7. The Bertz CT molecular complexity index is 968. The van der Waals surface area contributed by atoms with E-state index >= 15 is 0 Å². The number of nitro groups is 1. The van der Waals surface area contributed by atoms with Gasteiger partial charge in [-0.25, -0.2) is 0 Å². The molecule has 150 valence electrons. The van der Waals surface area contributed by atoms with E-state index in [9.17, 15) is 19.7 Å². The summed E-state index contributed by atoms with van der Waals surface area (Å²) in [6, 6.07) is 13.6. The molecule has 8 nitrogen and oxygen atoms in total. The van der Waals surface area contributed by atoms with Crippen LogP contribution in [0.2, 0.25) is 5.02 Å². The Morgan fingerprint density at radius 2 is 2.03 bits per heavy atom. The number of anilines is 1. The summed E-state index contributed by atoms with van der Waals surface area (Å²) in [5.41, 5.74) is 1.09. The van der Waals surface area contributed by atoms with E-state index in [4.69, 9.17) is 11.6 Å². The molecular formula is C19H17ClN4O4S. The van der Waals surface area contributed by atoms with E-state index in [1.807, 2.05) is 30.3 Å². The van der Waals surface area contributed by atoms with Crippen LogP contribution in [0.3, 0.4) is 0 Å². The van der Waals surface area contributed by atoms with Crippen LogP contribution in [0, 0.1) is 10.1 Å². The fourth-order valence-corrected chi connectivity index (χ4v) is 3.80. The molecule has 2 N–H and O–H groups in total. The van der Waals surface area contributed by atoms with Crippen LogP contribution >= 0.6 is 23.4 Å². The number of amides is 2. The minimum absolute atomic E-state index is 0.104. The van der Waals surface area contributed by atoms with Crippen LogP contribution < -0.4 is 10.6 Å². The van der Waals surface area contributed by atoms with Crippen molar-refractivity contribution < 1.29 is 14.5 Å². The zero-order valence-electron chi connectivity index (χ0n) is 15.1. The number of carbonyl (C=O) groups is 2. The van der Waals surface area contributed by atoms with Crippen molar-refractivity contribution in [1.29, 1.82) is 0 Å². The van der Waals surface area contributed by atoms with Gasteiger partial charge in [-0.3, -0.25) is 24.7 Å². The second-order valence-electron chi connectivity index (χ2n) is 6.19. The maximum atomic E-state index is 12.3. The van der Waals surface area contributed by atoms with Gasteiger partial charge < -0.3 is 10.6 Å². The van der Waals surface area contributed by atoms with Crippen molar-refractivity contribution in [2.24, 2.45) is 4.99 Å². The lowest BCUT2D eigenvalue weighted by Crippen LogP contribution is -2.28. The van der Waals surface area contributed by atoms with Gasteiger partial charge in [-0.1, -0.05) is 53.7 Å². The molecule has 1 saturated heterocycles. The molecule has 1 aliphatic heterocycles. The maximum absolute atomic E-state index is 12.3. The minimum atomic E-state index is -0.622. The molecular weight excluding hydrogens is 416 g/mol. The highest BCUT2D eigenvalue weighted by Crippen LogP contribution is 2.28. The van der Waals surface area contributed by atoms with E-state index in [2.05, 4.69) is 15.6 Å². The summed E-state index contributed by atoms with van der Waals surface area (Å²) in [7, 11) is 0. The largest absolute Gasteiger partial charge is 0.325 e. The van der Waals surface area contributed by atoms with Crippen molar-refractivity contribution in [1.82, 2.24) is 5.32 Å². The summed E-state index contributed by atoms with van der Waals surface area (Å²) in [6.07, 6.45) is 0.643. The lowest BCUT2D eigenvalue weighted by molar-refractivity contribution is -0.384. The highest BCUT2D eigenvalue weighted by Gasteiger charge is 2.32. The fourth-order valence-electron chi connectivity index (χ4n) is 2.64. The number of benzene rings is 2. The van der Waals surface area contributed by atoms with E-state index in [0.717, 1.165) is 12.0 Å². The average Bonchev–Trinajstić information content (AvgIpc) is 3.03. The molecule has 2 aromatic rings. The Balaban J connectivity index is 1.54. The molecule has 0 saturated carbocycles. The van der Waals surface area contributed by atoms with Gasteiger partial charge in [0.15, 0.2) is 5.17 Å². The monoisotopic (exact) mass is 432 g/mol. The molecule has 10 heteroatoms. The SMILES string of the molecule is O=C(C[C@@H]1SC(=NCCc2ccccc2)NC1=O)Nc1cc([N+](=O)[O-])ccc1Cl. The first-order chi connectivity index (χ1) is 13.9. The third kappa shape index (κ3) is 5.78. The Hall–Kier alpha value is -2.91. The zero-order chi connectivity index (χ0) is 20.8. The number of non-ortho nitro benzene ring substituents is 1. The number of nitro benzene ring substituents is 1. The third-order valence-corrected chi connectivity index (χ3v) is 5.53. The molecule has 0 aliphatic carbocycles. The van der Waals surface area contributed by atoms with Gasteiger partial charge in [-0.05, 0) is 18.1 Å². The Morgan fingerprint density at radius 3 is 2.76 bits per heavy atom. The highest BCUT2D eigenvalue weighted by atomic mass is 35.5. The van der Waals surface area contributed by atoms with Gasteiger partial charge >= 0.3 is 0 Å². The van der Waals surface area contributed by atoms with Crippen LogP contribution in [0.15, 0.2) is 53.5 Å². The molecule has 3 rings (SSSR count). The predicted octanol–water partition coefficient (Wildman–Crippen LogP) is 3.41. The molecule has 29 heavy (non-hydrogen) atoms. The summed E-state index contributed by atoms with van der Waals surface area (Å²) < 4.78 is 0. The second kappa shape index (κ2) is 9.53. The first-order valence-electron chi connectivity index (χ1n) is 8.72. The number of rotatable bonds is 7. The quantitative estimate of drug-likeness (QED) is 0.514. The van der Waals surface area contributed by atoms with Crippen LogP contribution in [0.4, 0.5) is 11.4 Å². The van der Waals surface area contributed by atoms with Crippen molar-refractivity contribution >= 4 is 51.7 Å². The van der Waals surface area contributed by atoms with Crippen molar-refractivity contribution in [2.75, 3.05) is 11.9 Å². The number of nitrogens with one attached hydrogen (secondary N) is 2. The van der Waals surface area contributed by atoms with Gasteiger partial charge in [-0.2, -0.15) is 0 Å². The van der Waals surface area contributed by atoms with E-state index in [1.165, 1.54) is 30.0 Å². The van der Waals surface area contributed by atoms with E-state index in [-0.39, 0.29) is 28.7 Å². The molecule has 1 heterocycles. The fraction of sp³-hybridized carbons (Fsp3) is 0.211. The standard InChI is InChI=1S/C19H17ClN4O4S/c20-14-7-6-13(24(27)28)10-15(14)22-17(25)11-16-18(26)23-19(29-16)21-9-8-12-4-2-1-3-5-12/h1-7,10,16H,8-9,11H2,(H,22,25)(H,21,23,26)/t16-/m0/s1. The van der Waals surface area contributed by atoms with Gasteiger partial charge in [0.25, 0.3) is 5.69 Å². The van der Waals surface area contributed by atoms with E-state index < -0.39 is 16.1 Å². The third-order valence-electron chi connectivity index (χ3n) is 4.08. The number of thioether (sulfide) groups is 1. The smallest absolute Gasteiger partial charge is 0.271 e. The number of hydrogen-bond donors (Lipinski definition) is 2. The van der Waals surface area contributed by atoms with Gasteiger partial charge in [-0.15, -0.1) is 0 Å². The number of carbonyl (C=O) groups excluding carboxylic acids is 2. The summed E-state index contributed by atoms with van der Waals surface area (Å²) in [6.45, 7) is 0.523. The molecule has 2 amide bonds. The normalized spacial score (nSPS) is 17.2. The summed E-state index contributed by atoms with van der Waals surface area (Å²) in [4.78, 5) is 39.0. The van der Waals surface area contributed by atoms with E-state index in [1.54, 1.807) is 0 Å². The van der Waals surface area contributed by atoms with Gasteiger partial charge in [0.1, 0.15) is 5.25 Å². The summed E-state index contributed by atoms with van der Waals surface area (Å²) in [5.74, 6) is -0.765. The number of aliphatic imine (C=N–C) groups is 1. The molecule has 0 spiro atoms. The lowest BCUT2D eigenvalue weighted by Gasteiger charge is -2.08. The Kier molecular flexibility index (Phi) is 6.84. The summed E-state index contributed by atoms with van der Waals surface area (Å²) in [5, 5.41) is 16.1. The molecule has 0 unspecified atom stereocenters. The summed E-state index contributed by atoms with van der Waals surface area (Å²) >= 11 is 7.17. The van der Waals surface area contributed by atoms with Crippen molar-refractivity contribution in [2.45, 2.75) is 18.1 Å². The van der Waals surface area contributed by atoms with Crippen LogP contribution in [-0.2, 0) is 16.0 Å². The Labute approximate surface area is 175 Å².